The lowest BCUT2D eigenvalue weighted by molar-refractivity contribution is 0.356. The van der Waals surface area contributed by atoms with Crippen LogP contribution in [0.1, 0.15) is 226 Å². The number of rotatable bonds is 25. The molecule has 0 N–H and O–H groups in total. The molecule has 632 valence electrons. The van der Waals surface area contributed by atoms with Gasteiger partial charge in [0.1, 0.15) is 0 Å². The third kappa shape index (κ3) is 20.5. The second-order valence-electron chi connectivity index (χ2n) is 36.4. The molecule has 6 nitrogen and oxygen atoms in total. The van der Waals surface area contributed by atoms with Crippen molar-refractivity contribution in [2.45, 2.75) is 199 Å². The first-order chi connectivity index (χ1) is 62.4. The Morgan fingerprint density at radius 3 is 0.540 bits per heavy atom. The first-order valence-electron chi connectivity index (χ1n) is 47.9. The van der Waals surface area contributed by atoms with Gasteiger partial charge >= 0.3 is 0 Å². The maximum atomic E-state index is 2.52. The Labute approximate surface area is 751 Å². The second-order valence-corrected chi connectivity index (χ2v) is 36.4. The number of anilines is 18. The number of nitrogens with zero attached hydrogens (tertiary/aromatic N) is 6. The zero-order valence-corrected chi connectivity index (χ0v) is 73.7. The van der Waals surface area contributed by atoms with Gasteiger partial charge in [-0.1, -0.05) is 250 Å². The summed E-state index contributed by atoms with van der Waals surface area (Å²) in [4.78, 5) is 14.8. The first kappa shape index (κ1) is 82.9. The predicted molar refractivity (Wildman–Crippen MR) is 540 cm³/mol. The molecular weight excluding hydrogens is 1530 g/mol. The largest absolute Gasteiger partial charge is 0.311 e. The predicted octanol–water partition coefficient (Wildman–Crippen LogP) is 36.4. The summed E-state index contributed by atoms with van der Waals surface area (Å²) in [6.07, 6.45) is 51.2. The minimum atomic E-state index is 0.761. The Morgan fingerprint density at radius 2 is 0.333 bits per heavy atom. The topological polar surface area (TPSA) is 19.4 Å². The summed E-state index contributed by atoms with van der Waals surface area (Å²) in [5.74, 6) is 0.761. The molecule has 19 rings (SSSR count). The van der Waals surface area contributed by atoms with Gasteiger partial charge in [-0.05, 0) is 374 Å². The van der Waals surface area contributed by atoms with E-state index in [2.05, 4.69) is 387 Å². The maximum absolute atomic E-state index is 2.52. The highest BCUT2D eigenvalue weighted by atomic mass is 15.2. The lowest BCUT2D eigenvalue weighted by atomic mass is 9.85. The van der Waals surface area contributed by atoms with Crippen LogP contribution < -0.4 is 29.4 Å². The summed E-state index contributed by atoms with van der Waals surface area (Å²) in [5.41, 5.74) is 34.8. The highest BCUT2D eigenvalue weighted by molar-refractivity contribution is 5.92. The minimum absolute atomic E-state index is 0.761. The number of hydrogen-bond acceptors (Lipinski definition) is 6. The van der Waals surface area contributed by atoms with E-state index in [-0.39, 0.29) is 0 Å². The van der Waals surface area contributed by atoms with E-state index in [1.165, 1.54) is 187 Å². The van der Waals surface area contributed by atoms with E-state index in [0.29, 0.717) is 0 Å². The molecule has 0 unspecified atom stereocenters. The molecular formula is C120H122N6. The lowest BCUT2D eigenvalue weighted by Crippen LogP contribution is -2.17. The van der Waals surface area contributed by atoms with Crippen molar-refractivity contribution in [3.63, 3.8) is 0 Å². The van der Waals surface area contributed by atoms with Crippen molar-refractivity contribution in [2.75, 3.05) is 29.4 Å². The van der Waals surface area contributed by atoms with Crippen molar-refractivity contribution in [3.8, 4) is 0 Å². The highest BCUT2D eigenvalue weighted by Gasteiger charge is 2.27. The molecule has 6 heteroatoms. The van der Waals surface area contributed by atoms with Gasteiger partial charge in [-0.25, -0.2) is 0 Å². The van der Waals surface area contributed by atoms with Gasteiger partial charge in [0, 0.05) is 85.3 Å². The van der Waals surface area contributed by atoms with Crippen LogP contribution in [0.15, 0.2) is 355 Å². The maximum Gasteiger partial charge on any atom is 0.0503 e. The minimum Gasteiger partial charge on any atom is -0.311 e. The summed E-state index contributed by atoms with van der Waals surface area (Å²) < 4.78 is 0. The average molecular weight is 1650 g/mol. The molecule has 126 heavy (non-hydrogen) atoms. The van der Waals surface area contributed by atoms with Crippen LogP contribution in [0, 0.1) is 5.92 Å². The number of para-hydroxylation sites is 3. The molecule has 13 aromatic carbocycles. The molecule has 0 amide bonds. The highest BCUT2D eigenvalue weighted by Crippen LogP contribution is 2.50. The Hall–Kier alpha value is -12.6. The molecule has 0 bridgehead atoms. The van der Waals surface area contributed by atoms with Crippen LogP contribution in [0.5, 0.6) is 0 Å². The average Bonchev–Trinajstić information content (AvgIpc) is 0.756. The number of hydrogen-bond donors (Lipinski definition) is 0. The van der Waals surface area contributed by atoms with Crippen LogP contribution in [0.4, 0.5) is 102 Å². The molecule has 6 saturated carbocycles. The summed E-state index contributed by atoms with van der Waals surface area (Å²) in [6.45, 7) is 0. The van der Waals surface area contributed by atoms with Crippen LogP contribution in [0.3, 0.4) is 0 Å². The molecule has 0 spiro atoms. The monoisotopic (exact) mass is 1650 g/mol. The van der Waals surface area contributed by atoms with E-state index in [1.54, 1.807) is 27.9 Å². The Bertz CT molecular complexity index is 5570. The third-order valence-electron chi connectivity index (χ3n) is 27.3. The second kappa shape index (κ2) is 40.6. The fourth-order valence-corrected chi connectivity index (χ4v) is 20.7. The normalized spacial score (nSPS) is 15.7. The van der Waals surface area contributed by atoms with Crippen molar-refractivity contribution < 1.29 is 0 Å². The van der Waals surface area contributed by atoms with Gasteiger partial charge in [0.25, 0.3) is 0 Å². The standard InChI is InChI=1S/C120H122N6/c1-10-28-91(29-11-1)82-97-46-58-106(59-47-97)121(103-40-22-7-23-41-103)112-70-76-115(77-71-112)124(109-64-52-100(53-65-109)85-94-34-16-4-17-35-94)118-88-119(125(110-66-54-101(55-67-110)86-95-36-18-5-19-37-95)116-78-72-113(73-79-116)122(104-42-24-8-25-43-104)107-60-48-98(49-61-107)83-92-30-12-2-13-31-92)90-120(89-118)126(111-68-56-102(57-69-111)87-96-38-20-6-21-39-96)117-80-74-114(75-81-117)123(105-44-26-9-27-45-105)108-62-50-99(51-63-108)84-93-32-14-3-15-33-93/h7-9,22-27,40-83,85-90,93H,1-6,10-21,28-39,84H2. The first-order valence-corrected chi connectivity index (χ1v) is 47.9. The van der Waals surface area contributed by atoms with E-state index < -0.39 is 0 Å². The van der Waals surface area contributed by atoms with Crippen molar-refractivity contribution in [1.82, 2.24) is 0 Å². The summed E-state index contributed by atoms with van der Waals surface area (Å²) in [5, 5.41) is 0. The molecule has 13 aromatic rings. The molecule has 0 aliphatic heterocycles. The third-order valence-corrected chi connectivity index (χ3v) is 27.3. The molecule has 0 radical (unpaired) electrons. The van der Waals surface area contributed by atoms with Gasteiger partial charge in [0.2, 0.25) is 0 Å². The molecule has 0 aromatic heterocycles. The van der Waals surface area contributed by atoms with Gasteiger partial charge < -0.3 is 29.4 Å². The van der Waals surface area contributed by atoms with Crippen LogP contribution in [0.2, 0.25) is 0 Å². The smallest absolute Gasteiger partial charge is 0.0503 e. The van der Waals surface area contributed by atoms with Crippen molar-refractivity contribution in [2.24, 2.45) is 5.92 Å². The Morgan fingerprint density at radius 1 is 0.167 bits per heavy atom. The summed E-state index contributed by atoms with van der Waals surface area (Å²) >= 11 is 0. The van der Waals surface area contributed by atoms with Gasteiger partial charge in [0.15, 0.2) is 0 Å². The van der Waals surface area contributed by atoms with Crippen LogP contribution in [0.25, 0.3) is 30.4 Å². The van der Waals surface area contributed by atoms with E-state index >= 15 is 0 Å². The van der Waals surface area contributed by atoms with Crippen molar-refractivity contribution >= 4 is 133 Å². The van der Waals surface area contributed by atoms with E-state index in [9.17, 15) is 0 Å². The van der Waals surface area contributed by atoms with E-state index in [4.69, 9.17) is 0 Å². The van der Waals surface area contributed by atoms with Crippen LogP contribution >= 0.6 is 0 Å². The molecule has 6 aliphatic carbocycles. The quantitative estimate of drug-likeness (QED) is 0.0564. The molecule has 0 atom stereocenters. The number of allylic oxidation sites excluding steroid dienone is 5. The zero-order valence-electron chi connectivity index (χ0n) is 73.7. The summed E-state index contributed by atoms with van der Waals surface area (Å²) in [7, 11) is 0. The molecule has 0 heterocycles. The van der Waals surface area contributed by atoms with Gasteiger partial charge in [-0.3, -0.25) is 0 Å². The zero-order chi connectivity index (χ0) is 84.4. The van der Waals surface area contributed by atoms with Crippen molar-refractivity contribution in [3.05, 3.63) is 389 Å². The number of benzene rings is 13. The lowest BCUT2D eigenvalue weighted by Gasteiger charge is -2.34. The van der Waals surface area contributed by atoms with Gasteiger partial charge in [-0.15, -0.1) is 0 Å². The summed E-state index contributed by atoms with van der Waals surface area (Å²) in [6, 6.07) is 125. The molecule has 0 saturated heterocycles. The Balaban J connectivity index is 0.801. The van der Waals surface area contributed by atoms with Crippen molar-refractivity contribution in [1.29, 1.82) is 0 Å². The van der Waals surface area contributed by atoms with E-state index in [1.807, 2.05) is 0 Å². The van der Waals surface area contributed by atoms with Gasteiger partial charge in [0.05, 0.1) is 17.1 Å². The fraction of sp³-hybridized carbons (Fsp3) is 0.267. The molecule has 6 aliphatic rings. The van der Waals surface area contributed by atoms with Crippen LogP contribution in [-0.2, 0) is 6.42 Å². The molecule has 6 fully saturated rings. The Kier molecular flexibility index (Phi) is 26.7. The SMILES string of the molecule is C(=C1CCCCC1)c1ccc(N(c2ccccc2)c2ccc(N(c3ccc(C=C4CCCCC4)cc3)c3cc(N(c4ccc(C=C5CCCCC5)cc4)c4ccc(N(c5ccccc5)c5ccc(C=C6CCCCC6)cc5)cc4)cc(N(c4ccc(C=C5CCCCC5)cc4)c4ccc(N(c5ccccc5)c5ccc(CC6CCCCC6)cc5)cc4)c3)cc2)cc1. The fourth-order valence-electron chi connectivity index (χ4n) is 20.7. The van der Waals surface area contributed by atoms with E-state index in [0.717, 1.165) is 153 Å². The van der Waals surface area contributed by atoms with Gasteiger partial charge in [-0.2, -0.15) is 0 Å². The van der Waals surface area contributed by atoms with Crippen LogP contribution in [-0.4, -0.2) is 0 Å².